The van der Waals surface area contributed by atoms with Crippen LogP contribution in [0.2, 0.25) is 0 Å². The minimum absolute atomic E-state index is 0.313. The molecule has 0 atom stereocenters. The molecule has 0 bridgehead atoms. The maximum absolute atomic E-state index is 12.6. The van der Waals surface area contributed by atoms with E-state index in [1.54, 1.807) is 13.2 Å². The van der Waals surface area contributed by atoms with Gasteiger partial charge in [0.2, 0.25) is 10.0 Å². The first-order valence-electron chi connectivity index (χ1n) is 7.18. The van der Waals surface area contributed by atoms with Crippen molar-refractivity contribution in [1.29, 1.82) is 0 Å². The molecule has 1 aromatic rings. The first kappa shape index (κ1) is 16.4. The molecule has 0 heterocycles. The van der Waals surface area contributed by atoms with Gasteiger partial charge in [0.25, 0.3) is 0 Å². The topological polar surface area (TPSA) is 81.4 Å². The van der Waals surface area contributed by atoms with Crippen LogP contribution in [-0.2, 0) is 21.3 Å². The highest BCUT2D eigenvalue weighted by Gasteiger charge is 2.38. The van der Waals surface area contributed by atoms with Crippen molar-refractivity contribution >= 4 is 10.0 Å². The molecular weight excluding hydrogens is 288 g/mol. The monoisotopic (exact) mass is 312 g/mol. The number of methoxy groups -OCH3 is 1. The number of nitrogens with one attached hydrogen (secondary N) is 1. The van der Waals surface area contributed by atoms with E-state index in [9.17, 15) is 8.42 Å². The minimum Gasteiger partial charge on any atom is -0.377 e. The van der Waals surface area contributed by atoms with Gasteiger partial charge >= 0.3 is 0 Å². The molecule has 1 aliphatic rings. The molecule has 5 nitrogen and oxygen atoms in total. The van der Waals surface area contributed by atoms with E-state index in [-0.39, 0.29) is 5.60 Å². The van der Waals surface area contributed by atoms with Gasteiger partial charge in [-0.2, -0.15) is 0 Å². The van der Waals surface area contributed by atoms with Crippen molar-refractivity contribution in [1.82, 2.24) is 4.72 Å². The SMILES string of the molecule is COC1(CNS(=O)(=O)c2cc(CN)cc(C)c2C)CCC1. The van der Waals surface area contributed by atoms with Crippen molar-refractivity contribution in [3.05, 3.63) is 28.8 Å². The Morgan fingerprint density at radius 3 is 2.48 bits per heavy atom. The van der Waals surface area contributed by atoms with Gasteiger partial charge < -0.3 is 10.5 Å². The van der Waals surface area contributed by atoms with E-state index >= 15 is 0 Å². The summed E-state index contributed by atoms with van der Waals surface area (Å²) < 4.78 is 33.3. The lowest BCUT2D eigenvalue weighted by molar-refractivity contribution is -0.0659. The zero-order chi connectivity index (χ0) is 15.7. The van der Waals surface area contributed by atoms with Crippen molar-refractivity contribution in [3.63, 3.8) is 0 Å². The molecule has 0 saturated heterocycles. The van der Waals surface area contributed by atoms with Crippen LogP contribution in [0.1, 0.15) is 36.0 Å². The van der Waals surface area contributed by atoms with Gasteiger partial charge in [-0.15, -0.1) is 0 Å². The van der Waals surface area contributed by atoms with Crippen LogP contribution in [0, 0.1) is 13.8 Å². The minimum atomic E-state index is -3.55. The maximum atomic E-state index is 12.6. The molecule has 3 N–H and O–H groups in total. The Bertz CT molecular complexity index is 617. The number of rotatable bonds is 6. The van der Waals surface area contributed by atoms with Crippen molar-refractivity contribution in [2.75, 3.05) is 13.7 Å². The van der Waals surface area contributed by atoms with E-state index in [1.165, 1.54) is 0 Å². The Balaban J connectivity index is 2.25. The van der Waals surface area contributed by atoms with Crippen LogP contribution in [0.15, 0.2) is 17.0 Å². The van der Waals surface area contributed by atoms with Gasteiger partial charge in [-0.3, -0.25) is 0 Å². The van der Waals surface area contributed by atoms with Crippen LogP contribution in [-0.4, -0.2) is 27.7 Å². The summed E-state index contributed by atoms with van der Waals surface area (Å²) in [4.78, 5) is 0.313. The summed E-state index contributed by atoms with van der Waals surface area (Å²) in [6.45, 7) is 4.36. The Labute approximate surface area is 126 Å². The Hall–Kier alpha value is -0.950. The van der Waals surface area contributed by atoms with Gasteiger partial charge in [0.1, 0.15) is 0 Å². The van der Waals surface area contributed by atoms with Crippen LogP contribution in [0.4, 0.5) is 0 Å². The average Bonchev–Trinajstić information content (AvgIpc) is 2.40. The van der Waals surface area contributed by atoms with Crippen molar-refractivity contribution < 1.29 is 13.2 Å². The van der Waals surface area contributed by atoms with E-state index < -0.39 is 10.0 Å². The van der Waals surface area contributed by atoms with Gasteiger partial charge in [0.05, 0.1) is 10.5 Å². The Morgan fingerprint density at radius 1 is 1.33 bits per heavy atom. The van der Waals surface area contributed by atoms with Crippen LogP contribution < -0.4 is 10.5 Å². The third-order valence-electron chi connectivity index (χ3n) is 4.49. The van der Waals surface area contributed by atoms with Crippen LogP contribution >= 0.6 is 0 Å². The second kappa shape index (κ2) is 6.04. The molecule has 0 unspecified atom stereocenters. The van der Waals surface area contributed by atoms with Crippen molar-refractivity contribution in [3.8, 4) is 0 Å². The van der Waals surface area contributed by atoms with Crippen molar-refractivity contribution in [2.45, 2.75) is 50.2 Å². The maximum Gasteiger partial charge on any atom is 0.240 e. The molecule has 2 rings (SSSR count). The molecule has 0 aromatic heterocycles. The first-order chi connectivity index (χ1) is 9.83. The molecule has 0 radical (unpaired) electrons. The van der Waals surface area contributed by atoms with E-state index in [0.717, 1.165) is 36.0 Å². The number of hydrogen-bond donors (Lipinski definition) is 2. The summed E-state index contributed by atoms with van der Waals surface area (Å²) in [6.07, 6.45) is 2.87. The Morgan fingerprint density at radius 2 is 2.00 bits per heavy atom. The van der Waals surface area contributed by atoms with E-state index in [1.807, 2.05) is 19.9 Å². The molecule has 1 aromatic carbocycles. The third kappa shape index (κ3) is 3.29. The summed E-state index contributed by atoms with van der Waals surface area (Å²) in [7, 11) is -1.91. The number of ether oxygens (including phenoxy) is 1. The van der Waals surface area contributed by atoms with Crippen LogP contribution in [0.25, 0.3) is 0 Å². The molecule has 21 heavy (non-hydrogen) atoms. The highest BCUT2D eigenvalue weighted by Crippen LogP contribution is 2.34. The lowest BCUT2D eigenvalue weighted by Gasteiger charge is -2.40. The van der Waals surface area contributed by atoms with Crippen LogP contribution in [0.3, 0.4) is 0 Å². The number of benzene rings is 1. The highest BCUT2D eigenvalue weighted by atomic mass is 32.2. The van der Waals surface area contributed by atoms with E-state index in [0.29, 0.717) is 18.0 Å². The second-order valence-electron chi connectivity index (χ2n) is 5.81. The van der Waals surface area contributed by atoms with Gasteiger partial charge in [-0.1, -0.05) is 6.07 Å². The van der Waals surface area contributed by atoms with Gasteiger partial charge in [0, 0.05) is 20.2 Å². The van der Waals surface area contributed by atoms with Gasteiger partial charge in [0.15, 0.2) is 0 Å². The predicted molar refractivity (Wildman–Crippen MR) is 82.6 cm³/mol. The smallest absolute Gasteiger partial charge is 0.240 e. The fourth-order valence-corrected chi connectivity index (χ4v) is 4.10. The van der Waals surface area contributed by atoms with Gasteiger partial charge in [-0.05, 0) is 55.9 Å². The number of aryl methyl sites for hydroxylation is 1. The van der Waals surface area contributed by atoms with E-state index in [4.69, 9.17) is 10.5 Å². The first-order valence-corrected chi connectivity index (χ1v) is 8.67. The largest absolute Gasteiger partial charge is 0.377 e. The second-order valence-corrected chi connectivity index (χ2v) is 7.54. The summed E-state index contributed by atoms with van der Waals surface area (Å²) in [5, 5.41) is 0. The Kier molecular flexibility index (Phi) is 4.72. The fourth-order valence-electron chi connectivity index (χ4n) is 2.62. The molecule has 1 fully saturated rings. The molecule has 0 amide bonds. The lowest BCUT2D eigenvalue weighted by atomic mass is 9.80. The normalized spacial score (nSPS) is 17.5. The zero-order valence-electron chi connectivity index (χ0n) is 12.9. The molecule has 0 spiro atoms. The standard InChI is InChI=1S/C15H24N2O3S/c1-11-7-13(9-16)8-14(12(11)2)21(18,19)17-10-15(20-3)5-4-6-15/h7-8,17H,4-6,9-10,16H2,1-3H3. The average molecular weight is 312 g/mol. The number of hydrogen-bond acceptors (Lipinski definition) is 4. The van der Waals surface area contributed by atoms with Gasteiger partial charge in [-0.25, -0.2) is 13.1 Å². The molecule has 1 saturated carbocycles. The van der Waals surface area contributed by atoms with Crippen molar-refractivity contribution in [2.24, 2.45) is 5.73 Å². The molecule has 6 heteroatoms. The predicted octanol–water partition coefficient (Wildman–Crippen LogP) is 1.61. The number of sulfonamides is 1. The summed E-state index contributed by atoms with van der Waals surface area (Å²) >= 11 is 0. The van der Waals surface area contributed by atoms with E-state index in [2.05, 4.69) is 4.72 Å². The quantitative estimate of drug-likeness (QED) is 0.836. The third-order valence-corrected chi connectivity index (χ3v) is 6.01. The zero-order valence-corrected chi connectivity index (χ0v) is 13.7. The fraction of sp³-hybridized carbons (Fsp3) is 0.600. The molecular formula is C15H24N2O3S. The summed E-state index contributed by atoms with van der Waals surface area (Å²) in [5.74, 6) is 0. The number of nitrogens with two attached hydrogens (primary N) is 1. The van der Waals surface area contributed by atoms with Crippen LogP contribution in [0.5, 0.6) is 0 Å². The molecule has 1 aliphatic carbocycles. The summed E-state index contributed by atoms with van der Waals surface area (Å²) in [5.41, 5.74) is 7.83. The summed E-state index contributed by atoms with van der Waals surface area (Å²) in [6, 6.07) is 3.59. The molecule has 0 aliphatic heterocycles. The molecule has 118 valence electrons. The lowest BCUT2D eigenvalue weighted by Crippen LogP contribution is -2.49. The highest BCUT2D eigenvalue weighted by molar-refractivity contribution is 7.89.